The maximum absolute atomic E-state index is 11.3. The van der Waals surface area contributed by atoms with Crippen LogP contribution in [0, 0.1) is 0 Å². The molecule has 5 heteroatoms. The van der Waals surface area contributed by atoms with Gasteiger partial charge in [-0.1, -0.05) is 26.7 Å². The van der Waals surface area contributed by atoms with Gasteiger partial charge >= 0.3 is 11.9 Å². The van der Waals surface area contributed by atoms with E-state index in [4.69, 9.17) is 4.42 Å². The lowest BCUT2D eigenvalue weighted by molar-refractivity contribution is 0.0651. The van der Waals surface area contributed by atoms with Crippen LogP contribution in [-0.4, -0.2) is 22.2 Å². The highest BCUT2D eigenvalue weighted by atomic mass is 16.4. The second-order valence-corrected chi connectivity index (χ2v) is 4.52. The Morgan fingerprint density at radius 1 is 0.895 bits per heavy atom. The second kappa shape index (κ2) is 6.97. The van der Waals surface area contributed by atoms with Crippen LogP contribution in [0.1, 0.15) is 71.8 Å². The van der Waals surface area contributed by atoms with Gasteiger partial charge in [0.25, 0.3) is 0 Å². The summed E-state index contributed by atoms with van der Waals surface area (Å²) in [6.45, 7) is 3.97. The number of aromatic carboxylic acids is 2. The predicted octanol–water partition coefficient (Wildman–Crippen LogP) is 3.36. The van der Waals surface area contributed by atoms with Crippen molar-refractivity contribution in [1.29, 1.82) is 0 Å². The van der Waals surface area contributed by atoms with Gasteiger partial charge < -0.3 is 14.6 Å². The zero-order chi connectivity index (χ0) is 14.4. The molecular weight excluding hydrogens is 248 g/mol. The summed E-state index contributed by atoms with van der Waals surface area (Å²) in [5.74, 6) is -1.87. The number of hydrogen-bond donors (Lipinski definition) is 2. The van der Waals surface area contributed by atoms with E-state index in [0.29, 0.717) is 12.8 Å². The van der Waals surface area contributed by atoms with Crippen LogP contribution in [0.5, 0.6) is 0 Å². The van der Waals surface area contributed by atoms with Crippen molar-refractivity contribution >= 4 is 11.9 Å². The largest absolute Gasteiger partial charge is 0.478 e. The van der Waals surface area contributed by atoms with Gasteiger partial charge in [-0.15, -0.1) is 0 Å². The fourth-order valence-corrected chi connectivity index (χ4v) is 2.01. The summed E-state index contributed by atoms with van der Waals surface area (Å²) in [5.41, 5.74) is -0.348. The highest BCUT2D eigenvalue weighted by Crippen LogP contribution is 2.26. The van der Waals surface area contributed by atoms with E-state index in [1.165, 1.54) is 0 Å². The number of rotatable bonds is 8. The molecule has 1 aromatic heterocycles. The van der Waals surface area contributed by atoms with Crippen LogP contribution in [0.4, 0.5) is 0 Å². The van der Waals surface area contributed by atoms with Crippen LogP contribution in [-0.2, 0) is 12.8 Å². The number of carbonyl (C=O) groups is 2. The number of unbranched alkanes of at least 4 members (excludes halogenated alkanes) is 2. The Kier molecular flexibility index (Phi) is 5.60. The molecule has 19 heavy (non-hydrogen) atoms. The predicted molar refractivity (Wildman–Crippen MR) is 69.9 cm³/mol. The zero-order valence-electron chi connectivity index (χ0n) is 11.4. The van der Waals surface area contributed by atoms with Gasteiger partial charge in [-0.3, -0.25) is 0 Å². The lowest BCUT2D eigenvalue weighted by Gasteiger charge is -1.98. The lowest BCUT2D eigenvalue weighted by Crippen LogP contribution is -2.09. The summed E-state index contributed by atoms with van der Waals surface area (Å²) in [4.78, 5) is 22.5. The molecule has 0 radical (unpaired) electrons. The zero-order valence-corrected chi connectivity index (χ0v) is 11.4. The molecule has 0 atom stereocenters. The van der Waals surface area contributed by atoms with Crippen molar-refractivity contribution in [3.63, 3.8) is 0 Å². The van der Waals surface area contributed by atoms with E-state index in [2.05, 4.69) is 0 Å². The molecule has 5 nitrogen and oxygen atoms in total. The molecule has 1 heterocycles. The summed E-state index contributed by atoms with van der Waals surface area (Å²) in [5, 5.41) is 18.4. The minimum absolute atomic E-state index is 0.174. The second-order valence-electron chi connectivity index (χ2n) is 4.52. The van der Waals surface area contributed by atoms with E-state index in [-0.39, 0.29) is 22.6 Å². The van der Waals surface area contributed by atoms with Crippen molar-refractivity contribution in [2.75, 3.05) is 0 Å². The molecule has 0 saturated carbocycles. The maximum atomic E-state index is 11.3. The number of carboxylic acids is 2. The smallest absolute Gasteiger partial charge is 0.340 e. The Hall–Kier alpha value is -1.78. The van der Waals surface area contributed by atoms with E-state index in [1.807, 2.05) is 13.8 Å². The van der Waals surface area contributed by atoms with Crippen molar-refractivity contribution in [2.45, 2.75) is 52.4 Å². The highest BCUT2D eigenvalue weighted by Gasteiger charge is 2.28. The van der Waals surface area contributed by atoms with Crippen LogP contribution >= 0.6 is 0 Å². The topological polar surface area (TPSA) is 87.7 Å². The number of aryl methyl sites for hydroxylation is 2. The first-order chi connectivity index (χ1) is 9.02. The first-order valence-corrected chi connectivity index (χ1v) is 6.64. The summed E-state index contributed by atoms with van der Waals surface area (Å²) in [7, 11) is 0. The van der Waals surface area contributed by atoms with Gasteiger partial charge in [0.05, 0.1) is 0 Å². The maximum Gasteiger partial charge on any atom is 0.340 e. The van der Waals surface area contributed by atoms with E-state index in [9.17, 15) is 19.8 Å². The van der Waals surface area contributed by atoms with Crippen LogP contribution in [0.3, 0.4) is 0 Å². The molecule has 2 N–H and O–H groups in total. The number of carboxylic acid groups (broad SMARTS) is 2. The Labute approximate surface area is 112 Å². The van der Waals surface area contributed by atoms with E-state index in [0.717, 1.165) is 25.7 Å². The van der Waals surface area contributed by atoms with E-state index in [1.54, 1.807) is 0 Å². The summed E-state index contributed by atoms with van der Waals surface area (Å²) in [6, 6.07) is 0. The molecule has 0 aliphatic rings. The molecule has 1 rings (SSSR count). The molecular formula is C14H20O5. The minimum atomic E-state index is -1.23. The van der Waals surface area contributed by atoms with Crippen LogP contribution in [0.2, 0.25) is 0 Å². The van der Waals surface area contributed by atoms with Crippen LogP contribution < -0.4 is 0 Å². The quantitative estimate of drug-likeness (QED) is 0.754. The fourth-order valence-electron chi connectivity index (χ4n) is 2.01. The van der Waals surface area contributed by atoms with E-state index >= 15 is 0 Å². The van der Waals surface area contributed by atoms with Gasteiger partial charge in [-0.2, -0.15) is 0 Å². The Balaban J connectivity index is 3.23. The van der Waals surface area contributed by atoms with Gasteiger partial charge in [0.2, 0.25) is 0 Å². The third kappa shape index (κ3) is 3.59. The molecule has 0 amide bonds. The molecule has 0 unspecified atom stereocenters. The van der Waals surface area contributed by atoms with Crippen molar-refractivity contribution < 1.29 is 24.2 Å². The average Bonchev–Trinajstić information content (AvgIpc) is 2.72. The highest BCUT2D eigenvalue weighted by molar-refractivity contribution is 6.03. The van der Waals surface area contributed by atoms with Crippen molar-refractivity contribution in [3.05, 3.63) is 22.6 Å². The van der Waals surface area contributed by atoms with Crippen molar-refractivity contribution in [3.8, 4) is 0 Å². The Bertz CT molecular complexity index is 418. The lowest BCUT2D eigenvalue weighted by atomic mass is 10.0. The number of hydrogen-bond acceptors (Lipinski definition) is 3. The fraction of sp³-hybridized carbons (Fsp3) is 0.571. The molecule has 1 aromatic rings. The molecule has 0 saturated heterocycles. The molecule has 0 aliphatic heterocycles. The van der Waals surface area contributed by atoms with Gasteiger partial charge in [0.1, 0.15) is 22.6 Å². The first-order valence-electron chi connectivity index (χ1n) is 6.64. The molecule has 106 valence electrons. The van der Waals surface area contributed by atoms with Gasteiger partial charge in [-0.25, -0.2) is 9.59 Å². The monoisotopic (exact) mass is 268 g/mol. The van der Waals surface area contributed by atoms with Gasteiger partial charge in [-0.05, 0) is 12.8 Å². The van der Waals surface area contributed by atoms with Crippen molar-refractivity contribution in [2.24, 2.45) is 0 Å². The molecule has 0 spiro atoms. The van der Waals surface area contributed by atoms with E-state index < -0.39 is 11.9 Å². The summed E-state index contributed by atoms with van der Waals surface area (Å²) >= 11 is 0. The molecule has 0 fully saturated rings. The minimum Gasteiger partial charge on any atom is -0.478 e. The molecule has 0 aromatic carbocycles. The van der Waals surface area contributed by atoms with Crippen LogP contribution in [0.15, 0.2) is 4.42 Å². The summed E-state index contributed by atoms with van der Waals surface area (Å²) < 4.78 is 5.51. The third-order valence-electron chi connectivity index (χ3n) is 3.00. The Morgan fingerprint density at radius 2 is 1.26 bits per heavy atom. The van der Waals surface area contributed by atoms with Crippen LogP contribution in [0.25, 0.3) is 0 Å². The standard InChI is InChI=1S/C14H20O5/c1-3-5-7-9-11(13(15)16)12(14(17)18)10(19-9)8-6-4-2/h3-8H2,1-2H3,(H,15,16)(H,17,18). The molecule has 0 aliphatic carbocycles. The first kappa shape index (κ1) is 15.3. The normalized spacial score (nSPS) is 10.6. The third-order valence-corrected chi connectivity index (χ3v) is 3.00. The van der Waals surface area contributed by atoms with Crippen molar-refractivity contribution in [1.82, 2.24) is 0 Å². The van der Waals surface area contributed by atoms with Gasteiger partial charge in [0.15, 0.2) is 0 Å². The Morgan fingerprint density at radius 3 is 1.53 bits per heavy atom. The van der Waals surface area contributed by atoms with Gasteiger partial charge in [0, 0.05) is 12.8 Å². The SMILES string of the molecule is CCCCc1oc(CCCC)c(C(=O)O)c1C(=O)O. The molecule has 0 bridgehead atoms. The summed E-state index contributed by atoms with van der Waals surface area (Å²) in [6.07, 6.45) is 4.27. The number of furan rings is 1. The average molecular weight is 268 g/mol.